The number of carbonyl (C=O) groups excluding carboxylic acids is 4. The second-order valence-corrected chi connectivity index (χ2v) is 15.7. The molecule has 4 N–H and O–H groups in total. The van der Waals surface area contributed by atoms with Gasteiger partial charge in [-0.05, 0) is 80.5 Å². The molecule has 0 spiro atoms. The Morgan fingerprint density at radius 3 is 1.93 bits per heavy atom. The number of methoxy groups -OCH3 is 2. The fourth-order valence-electron chi connectivity index (χ4n) is 8.63. The first-order chi connectivity index (χ1) is 28.1. The third-order valence-corrected chi connectivity index (χ3v) is 11.8. The maximum absolute atomic E-state index is 13.9. The minimum atomic E-state index is -0.683. The molecule has 7 rings (SSSR count). The SMILES string of the molecule is COC(=O)NC(C(=O)N1CCC[C@H]1c1ncc(-c2ccc(-c3ccc(-c4cnc(C5CCCC[C@@H]5C(=O)N(NC(=O)OC)C(C)C)[nH]4)cc3)cc2)[nH]1)C1CCOCC1. The van der Waals surface area contributed by atoms with Gasteiger partial charge in [0.1, 0.15) is 17.7 Å². The normalized spacial score (nSPS) is 20.4. The van der Waals surface area contributed by atoms with Crippen LogP contribution in [0.4, 0.5) is 9.59 Å². The molecule has 0 radical (unpaired) electrons. The van der Waals surface area contributed by atoms with Crippen LogP contribution in [0, 0.1) is 11.8 Å². The molecule has 3 aliphatic rings. The molecule has 15 heteroatoms. The summed E-state index contributed by atoms with van der Waals surface area (Å²) in [6, 6.07) is 15.4. The Labute approximate surface area is 338 Å². The number of benzene rings is 2. The predicted molar refractivity (Wildman–Crippen MR) is 216 cm³/mol. The van der Waals surface area contributed by atoms with Gasteiger partial charge in [-0.3, -0.25) is 9.59 Å². The number of nitrogens with one attached hydrogen (secondary N) is 4. The second kappa shape index (κ2) is 18.3. The van der Waals surface area contributed by atoms with Crippen LogP contribution in [-0.4, -0.2) is 99.9 Å². The van der Waals surface area contributed by atoms with Gasteiger partial charge >= 0.3 is 12.2 Å². The van der Waals surface area contributed by atoms with Crippen molar-refractivity contribution in [2.45, 2.75) is 89.3 Å². The first-order valence-electron chi connectivity index (χ1n) is 20.4. The van der Waals surface area contributed by atoms with Crippen LogP contribution < -0.4 is 10.7 Å². The van der Waals surface area contributed by atoms with Crippen LogP contribution in [0.25, 0.3) is 33.6 Å². The Bertz CT molecular complexity index is 2040. The first kappa shape index (κ1) is 40.5. The lowest BCUT2D eigenvalue weighted by atomic mass is 9.78. The van der Waals surface area contributed by atoms with Gasteiger partial charge in [0, 0.05) is 37.6 Å². The Hall–Kier alpha value is -5.70. The van der Waals surface area contributed by atoms with Crippen LogP contribution in [-0.2, 0) is 23.8 Å². The molecule has 308 valence electrons. The van der Waals surface area contributed by atoms with Crippen molar-refractivity contribution in [2.75, 3.05) is 34.0 Å². The predicted octanol–water partition coefficient (Wildman–Crippen LogP) is 6.73. The molecule has 4 aromatic rings. The lowest BCUT2D eigenvalue weighted by Gasteiger charge is -2.35. The number of nitrogens with zero attached hydrogens (tertiary/aromatic N) is 4. The van der Waals surface area contributed by atoms with Gasteiger partial charge in [0.2, 0.25) is 11.8 Å². The van der Waals surface area contributed by atoms with Crippen molar-refractivity contribution in [1.82, 2.24) is 40.6 Å². The summed E-state index contributed by atoms with van der Waals surface area (Å²) < 4.78 is 15.1. The summed E-state index contributed by atoms with van der Waals surface area (Å²) in [5, 5.41) is 4.19. The lowest BCUT2D eigenvalue weighted by Crippen LogP contribution is -2.53. The summed E-state index contributed by atoms with van der Waals surface area (Å²) >= 11 is 0. The molecule has 4 atom stereocenters. The molecule has 2 unspecified atom stereocenters. The zero-order valence-electron chi connectivity index (χ0n) is 33.7. The highest BCUT2D eigenvalue weighted by Gasteiger charge is 2.41. The molecule has 4 heterocycles. The van der Waals surface area contributed by atoms with E-state index in [4.69, 9.17) is 24.2 Å². The molecule has 2 aromatic heterocycles. The summed E-state index contributed by atoms with van der Waals surface area (Å²) in [5.41, 5.74) is 8.40. The van der Waals surface area contributed by atoms with Crippen LogP contribution in [0.1, 0.15) is 88.8 Å². The van der Waals surface area contributed by atoms with Crippen molar-refractivity contribution in [3.8, 4) is 33.6 Å². The van der Waals surface area contributed by atoms with E-state index in [2.05, 4.69) is 69.2 Å². The number of likely N-dealkylation sites (tertiary alicyclic amines) is 1. The number of aromatic nitrogens is 4. The van der Waals surface area contributed by atoms with Gasteiger partial charge in [-0.25, -0.2) is 30.0 Å². The molecular formula is C43H54N8O7. The van der Waals surface area contributed by atoms with Crippen LogP contribution in [0.5, 0.6) is 0 Å². The van der Waals surface area contributed by atoms with Gasteiger partial charge in [0.25, 0.3) is 0 Å². The van der Waals surface area contributed by atoms with Crippen molar-refractivity contribution < 1.29 is 33.4 Å². The fraction of sp³-hybridized carbons (Fsp3) is 0.488. The second-order valence-electron chi connectivity index (χ2n) is 15.7. The monoisotopic (exact) mass is 794 g/mol. The van der Waals surface area contributed by atoms with Crippen molar-refractivity contribution in [3.05, 3.63) is 72.6 Å². The van der Waals surface area contributed by atoms with Crippen LogP contribution in [0.15, 0.2) is 60.9 Å². The number of H-pyrrole nitrogens is 2. The summed E-state index contributed by atoms with van der Waals surface area (Å²) in [6.45, 7) is 5.43. The number of imidazole rings is 2. The van der Waals surface area contributed by atoms with Crippen molar-refractivity contribution in [1.29, 1.82) is 0 Å². The van der Waals surface area contributed by atoms with Crippen molar-refractivity contribution >= 4 is 24.0 Å². The number of rotatable bonds is 10. The molecule has 2 saturated heterocycles. The zero-order chi connectivity index (χ0) is 40.8. The molecule has 2 aliphatic heterocycles. The highest BCUT2D eigenvalue weighted by atomic mass is 16.5. The molecule has 15 nitrogen and oxygen atoms in total. The van der Waals surface area contributed by atoms with Crippen LogP contribution in [0.3, 0.4) is 0 Å². The van der Waals surface area contributed by atoms with E-state index >= 15 is 0 Å². The minimum absolute atomic E-state index is 0.0266. The Morgan fingerprint density at radius 1 is 0.759 bits per heavy atom. The van der Waals surface area contributed by atoms with Crippen LogP contribution >= 0.6 is 0 Å². The smallest absolute Gasteiger partial charge is 0.425 e. The quantitative estimate of drug-likeness (QED) is 0.127. The van der Waals surface area contributed by atoms with E-state index in [1.807, 2.05) is 31.1 Å². The highest BCUT2D eigenvalue weighted by Crippen LogP contribution is 2.39. The average Bonchev–Trinajstić information content (AvgIpc) is 4.07. The van der Waals surface area contributed by atoms with Gasteiger partial charge in [0.15, 0.2) is 0 Å². The fourth-order valence-corrected chi connectivity index (χ4v) is 8.63. The third-order valence-electron chi connectivity index (χ3n) is 11.8. The van der Waals surface area contributed by atoms with Crippen molar-refractivity contribution in [3.63, 3.8) is 0 Å². The molecule has 3 fully saturated rings. The van der Waals surface area contributed by atoms with E-state index in [-0.39, 0.29) is 41.7 Å². The first-order valence-corrected chi connectivity index (χ1v) is 20.4. The number of hydrogen-bond acceptors (Lipinski definition) is 9. The van der Waals surface area contributed by atoms with E-state index in [9.17, 15) is 19.2 Å². The third kappa shape index (κ3) is 8.89. The number of aromatic amines is 2. The Balaban J connectivity index is 1.01. The lowest BCUT2D eigenvalue weighted by molar-refractivity contribution is -0.142. The average molecular weight is 795 g/mol. The number of hydrazine groups is 1. The Kier molecular flexibility index (Phi) is 12.8. The number of ether oxygens (including phenoxy) is 3. The van der Waals surface area contributed by atoms with E-state index < -0.39 is 18.2 Å². The summed E-state index contributed by atoms with van der Waals surface area (Å²) in [7, 11) is 2.59. The summed E-state index contributed by atoms with van der Waals surface area (Å²) in [5.74, 6) is 0.817. The summed E-state index contributed by atoms with van der Waals surface area (Å²) in [6.07, 6.45) is 8.85. The maximum Gasteiger partial charge on any atom is 0.425 e. The Morgan fingerprint density at radius 2 is 1.33 bits per heavy atom. The van der Waals surface area contributed by atoms with Gasteiger partial charge in [0.05, 0.1) is 44.0 Å². The van der Waals surface area contributed by atoms with Crippen molar-refractivity contribution in [2.24, 2.45) is 11.8 Å². The van der Waals surface area contributed by atoms with Gasteiger partial charge < -0.3 is 34.4 Å². The van der Waals surface area contributed by atoms with Gasteiger partial charge in [-0.1, -0.05) is 61.4 Å². The number of carbonyl (C=O) groups is 4. The maximum atomic E-state index is 13.9. The van der Waals surface area contributed by atoms with E-state index in [1.165, 1.54) is 19.2 Å². The molecule has 1 aliphatic carbocycles. The van der Waals surface area contributed by atoms with E-state index in [0.29, 0.717) is 32.6 Å². The largest absolute Gasteiger partial charge is 0.453 e. The molecular weight excluding hydrogens is 741 g/mol. The molecule has 2 aromatic carbocycles. The molecule has 58 heavy (non-hydrogen) atoms. The van der Waals surface area contributed by atoms with E-state index in [0.717, 1.165) is 83.8 Å². The number of alkyl carbamates (subject to hydrolysis) is 1. The topological polar surface area (TPSA) is 184 Å². The van der Waals surface area contributed by atoms with Crippen LogP contribution in [0.2, 0.25) is 0 Å². The standard InChI is InChI=1S/C43H54N8O7/c1-26(2)51(49-43(55)57-4)40(52)33-9-6-5-8-32(33)38-44-24-34(46-38)29-15-11-27(12-16-29)28-13-17-30(18-14-28)35-25-45-39(47-35)36-10-7-21-50(36)41(53)37(48-42(54)56-3)31-19-22-58-23-20-31/h11-18,24-26,31-33,36-37H,5-10,19-23H2,1-4H3,(H,44,46)(H,45,47)(H,48,54)(H,49,55)/t32?,33-,36-,37?/m0/s1. The molecule has 0 bridgehead atoms. The van der Waals surface area contributed by atoms with Gasteiger partial charge in [-0.15, -0.1) is 0 Å². The molecule has 4 amide bonds. The number of hydrogen-bond donors (Lipinski definition) is 4. The molecule has 1 saturated carbocycles. The van der Waals surface area contributed by atoms with E-state index in [1.54, 1.807) is 0 Å². The summed E-state index contributed by atoms with van der Waals surface area (Å²) in [4.78, 5) is 70.2. The highest BCUT2D eigenvalue weighted by molar-refractivity contribution is 5.86. The van der Waals surface area contributed by atoms with Gasteiger partial charge in [-0.2, -0.15) is 0 Å². The number of amides is 4. The zero-order valence-corrected chi connectivity index (χ0v) is 33.7. The minimum Gasteiger partial charge on any atom is -0.453 e.